The number of benzene rings is 4. The van der Waals surface area contributed by atoms with Gasteiger partial charge in [0.1, 0.15) is 11.6 Å². The number of hydrogen-bond donors (Lipinski definition) is 0. The Balaban J connectivity index is 1.29. The van der Waals surface area contributed by atoms with Gasteiger partial charge in [0, 0.05) is 29.1 Å². The fourth-order valence-corrected chi connectivity index (χ4v) is 4.20. The van der Waals surface area contributed by atoms with Crippen LogP contribution >= 0.6 is 11.6 Å². The van der Waals surface area contributed by atoms with Gasteiger partial charge in [-0.15, -0.1) is 0 Å². The molecule has 0 aliphatic heterocycles. The summed E-state index contributed by atoms with van der Waals surface area (Å²) in [6.45, 7) is 0.690. The van der Waals surface area contributed by atoms with Gasteiger partial charge in [-0.25, -0.2) is 4.98 Å². The van der Waals surface area contributed by atoms with Crippen LogP contribution in [0.2, 0.25) is 5.02 Å². The monoisotopic (exact) mass is 494 g/mol. The smallest absolute Gasteiger partial charge is 0.311 e. The Hall–Kier alpha value is -4.22. The second-order valence-electron chi connectivity index (χ2n) is 8.42. The number of ether oxygens (including phenoxy) is 1. The van der Waals surface area contributed by atoms with E-state index in [0.717, 1.165) is 22.4 Å². The van der Waals surface area contributed by atoms with Crippen LogP contribution in [0.5, 0.6) is 5.75 Å². The van der Waals surface area contributed by atoms with Crippen LogP contribution in [0.15, 0.2) is 103 Å². The van der Waals surface area contributed by atoms with E-state index in [1.54, 1.807) is 36.4 Å². The topological polar surface area (TPSA) is 61.2 Å². The van der Waals surface area contributed by atoms with Crippen LogP contribution < -0.4 is 4.74 Å². The van der Waals surface area contributed by atoms with Crippen molar-refractivity contribution in [1.82, 2.24) is 9.55 Å². The van der Waals surface area contributed by atoms with E-state index in [4.69, 9.17) is 21.3 Å². The second kappa shape index (κ2) is 10.6. The molecule has 0 amide bonds. The van der Waals surface area contributed by atoms with E-state index in [1.807, 2.05) is 48.5 Å². The highest BCUT2D eigenvalue weighted by Gasteiger charge is 2.14. The van der Waals surface area contributed by atoms with E-state index in [2.05, 4.69) is 22.8 Å². The second-order valence-corrected chi connectivity index (χ2v) is 8.86. The summed E-state index contributed by atoms with van der Waals surface area (Å²) in [4.78, 5) is 29.5. The van der Waals surface area contributed by atoms with Crippen LogP contribution in [-0.2, 0) is 11.3 Å². The number of Topliss-reactive ketones (excluding diaryl/α,β-unsaturated/α-hetero) is 1. The maximum atomic E-state index is 12.3. The molecular formula is C30H23ClN2O3. The van der Waals surface area contributed by atoms with Gasteiger partial charge in [0.05, 0.1) is 17.5 Å². The fraction of sp³-hybridized carbons (Fsp3) is 0.100. The van der Waals surface area contributed by atoms with Crippen molar-refractivity contribution in [3.63, 3.8) is 0 Å². The van der Waals surface area contributed by atoms with E-state index in [-0.39, 0.29) is 18.6 Å². The Morgan fingerprint density at radius 2 is 1.47 bits per heavy atom. The third kappa shape index (κ3) is 5.37. The van der Waals surface area contributed by atoms with Gasteiger partial charge in [0.25, 0.3) is 0 Å². The number of aromatic nitrogens is 2. The highest BCUT2D eigenvalue weighted by atomic mass is 35.5. The predicted molar refractivity (Wildman–Crippen MR) is 141 cm³/mol. The molecule has 0 radical (unpaired) electrons. The number of para-hydroxylation sites is 2. The van der Waals surface area contributed by atoms with Crippen molar-refractivity contribution in [3.8, 4) is 17.1 Å². The largest absolute Gasteiger partial charge is 0.427 e. The first kappa shape index (κ1) is 23.5. The van der Waals surface area contributed by atoms with E-state index in [0.29, 0.717) is 22.9 Å². The summed E-state index contributed by atoms with van der Waals surface area (Å²) in [5.41, 5.74) is 4.59. The molecule has 1 aromatic heterocycles. The molecule has 4 aromatic carbocycles. The molecule has 0 unspecified atom stereocenters. The van der Waals surface area contributed by atoms with Gasteiger partial charge in [0.2, 0.25) is 0 Å². The van der Waals surface area contributed by atoms with Crippen molar-refractivity contribution in [1.29, 1.82) is 0 Å². The van der Waals surface area contributed by atoms with Gasteiger partial charge in [-0.2, -0.15) is 0 Å². The minimum Gasteiger partial charge on any atom is -0.427 e. The first-order valence-electron chi connectivity index (χ1n) is 11.7. The first-order chi connectivity index (χ1) is 17.6. The minimum absolute atomic E-state index is 0.00389. The molecule has 0 saturated carbocycles. The highest BCUT2D eigenvalue weighted by molar-refractivity contribution is 6.30. The quantitative estimate of drug-likeness (QED) is 0.133. The number of ketones is 1. The first-order valence-corrected chi connectivity index (χ1v) is 12.0. The lowest BCUT2D eigenvalue weighted by atomic mass is 10.1. The van der Waals surface area contributed by atoms with Gasteiger partial charge in [-0.3, -0.25) is 9.59 Å². The van der Waals surface area contributed by atoms with Crippen molar-refractivity contribution in [2.45, 2.75) is 19.4 Å². The molecule has 36 heavy (non-hydrogen) atoms. The molecule has 5 aromatic rings. The maximum absolute atomic E-state index is 12.3. The van der Waals surface area contributed by atoms with Crippen molar-refractivity contribution in [3.05, 3.63) is 119 Å². The summed E-state index contributed by atoms with van der Waals surface area (Å²) in [5.74, 6) is 0.678. The number of carbonyl (C=O) groups is 2. The Bertz CT molecular complexity index is 1510. The lowest BCUT2D eigenvalue weighted by Crippen LogP contribution is -2.10. The number of rotatable bonds is 8. The predicted octanol–water partition coefficient (Wildman–Crippen LogP) is 6.97. The maximum Gasteiger partial charge on any atom is 0.311 e. The number of fused-ring (bicyclic) bond motifs is 1. The Morgan fingerprint density at radius 3 is 2.22 bits per heavy atom. The lowest BCUT2D eigenvalue weighted by Gasteiger charge is -2.10. The number of carbonyl (C=O) groups excluding carboxylic acids is 2. The number of nitrogens with zero attached hydrogens (tertiary/aromatic N) is 2. The van der Waals surface area contributed by atoms with E-state index in [1.165, 1.54) is 5.56 Å². The SMILES string of the molecule is O=C(CCC(=O)c1ccc(Cl)cc1)Oc1ccc(-c2nc3ccccc3n2Cc2ccccc2)cc1. The van der Waals surface area contributed by atoms with Crippen LogP contribution in [0.3, 0.4) is 0 Å². The number of hydrogen-bond acceptors (Lipinski definition) is 4. The van der Waals surface area contributed by atoms with Crippen molar-refractivity contribution in [2.24, 2.45) is 0 Å². The molecule has 0 aliphatic rings. The van der Waals surface area contributed by atoms with Crippen molar-refractivity contribution < 1.29 is 14.3 Å². The zero-order valence-corrected chi connectivity index (χ0v) is 20.2. The standard InChI is InChI=1S/C30H23ClN2O3/c31-24-14-10-22(11-15-24)28(34)18-19-29(35)36-25-16-12-23(13-17-25)30-32-26-8-4-5-9-27(26)33(30)20-21-6-2-1-3-7-21/h1-17H,18-20H2. The normalized spacial score (nSPS) is 10.9. The molecule has 178 valence electrons. The molecule has 0 N–H and O–H groups in total. The summed E-state index contributed by atoms with van der Waals surface area (Å²) < 4.78 is 7.64. The molecule has 5 nitrogen and oxygen atoms in total. The average Bonchev–Trinajstić information content (AvgIpc) is 3.27. The van der Waals surface area contributed by atoms with Gasteiger partial charge in [-0.1, -0.05) is 54.1 Å². The summed E-state index contributed by atoms with van der Waals surface area (Å²) in [5, 5.41) is 0.560. The molecule has 0 atom stereocenters. The number of imidazole rings is 1. The molecule has 0 bridgehead atoms. The highest BCUT2D eigenvalue weighted by Crippen LogP contribution is 2.27. The Kier molecular flexibility index (Phi) is 6.92. The summed E-state index contributed by atoms with van der Waals surface area (Å²) in [6.07, 6.45) is 0.0676. The average molecular weight is 495 g/mol. The fourth-order valence-electron chi connectivity index (χ4n) is 4.07. The van der Waals surface area contributed by atoms with Crippen LogP contribution in [0.1, 0.15) is 28.8 Å². The lowest BCUT2D eigenvalue weighted by molar-refractivity contribution is -0.134. The zero-order chi connectivity index (χ0) is 24.9. The third-order valence-electron chi connectivity index (χ3n) is 5.90. The third-order valence-corrected chi connectivity index (χ3v) is 6.16. The van der Waals surface area contributed by atoms with E-state index < -0.39 is 5.97 Å². The summed E-state index contributed by atoms with van der Waals surface area (Å²) in [7, 11) is 0. The van der Waals surface area contributed by atoms with Gasteiger partial charge in [-0.05, 0) is 66.2 Å². The molecular weight excluding hydrogens is 472 g/mol. The molecule has 6 heteroatoms. The minimum atomic E-state index is -0.457. The van der Waals surface area contributed by atoms with Crippen LogP contribution in [0, 0.1) is 0 Å². The van der Waals surface area contributed by atoms with E-state index >= 15 is 0 Å². The zero-order valence-electron chi connectivity index (χ0n) is 19.4. The van der Waals surface area contributed by atoms with Crippen LogP contribution in [0.25, 0.3) is 22.4 Å². The summed E-state index contributed by atoms with van der Waals surface area (Å²) in [6, 6.07) is 32.2. The summed E-state index contributed by atoms with van der Waals surface area (Å²) >= 11 is 5.86. The molecule has 0 aliphatic carbocycles. The molecule has 0 saturated heterocycles. The van der Waals surface area contributed by atoms with Gasteiger partial charge in [0.15, 0.2) is 5.78 Å². The van der Waals surface area contributed by atoms with Gasteiger partial charge >= 0.3 is 5.97 Å². The molecule has 1 heterocycles. The van der Waals surface area contributed by atoms with Crippen LogP contribution in [-0.4, -0.2) is 21.3 Å². The Labute approximate surface area is 213 Å². The van der Waals surface area contributed by atoms with Crippen LogP contribution in [0.4, 0.5) is 0 Å². The van der Waals surface area contributed by atoms with Crippen molar-refractivity contribution in [2.75, 3.05) is 0 Å². The molecule has 5 rings (SSSR count). The van der Waals surface area contributed by atoms with E-state index in [9.17, 15) is 9.59 Å². The van der Waals surface area contributed by atoms with Crippen molar-refractivity contribution >= 4 is 34.4 Å². The Morgan fingerprint density at radius 1 is 0.778 bits per heavy atom. The van der Waals surface area contributed by atoms with Gasteiger partial charge < -0.3 is 9.30 Å². The molecule has 0 spiro atoms. The molecule has 0 fully saturated rings. The number of esters is 1. The number of halogens is 1.